The van der Waals surface area contributed by atoms with Gasteiger partial charge in [0, 0.05) is 6.04 Å². The van der Waals surface area contributed by atoms with Gasteiger partial charge in [-0.15, -0.1) is 0 Å². The third kappa shape index (κ3) is 3.42. The van der Waals surface area contributed by atoms with Gasteiger partial charge in [-0.3, -0.25) is 4.79 Å². The number of nitrogens with zero attached hydrogens (tertiary/aromatic N) is 1. The summed E-state index contributed by atoms with van der Waals surface area (Å²) in [7, 11) is 0. The van der Waals surface area contributed by atoms with Gasteiger partial charge in [0.05, 0.1) is 18.6 Å². The Morgan fingerprint density at radius 1 is 1.53 bits per heavy atom. The van der Waals surface area contributed by atoms with Gasteiger partial charge in [-0.25, -0.2) is 0 Å². The van der Waals surface area contributed by atoms with Crippen LogP contribution in [-0.2, 0) is 9.53 Å². The molecule has 3 atom stereocenters. The molecule has 0 aromatic heterocycles. The highest BCUT2D eigenvalue weighted by Gasteiger charge is 2.30. The van der Waals surface area contributed by atoms with Gasteiger partial charge >= 0.3 is 5.97 Å². The van der Waals surface area contributed by atoms with Crippen LogP contribution in [0.4, 0.5) is 0 Å². The Morgan fingerprint density at radius 3 is 3.00 bits per heavy atom. The van der Waals surface area contributed by atoms with E-state index in [2.05, 4.69) is 4.90 Å². The van der Waals surface area contributed by atoms with Crippen LogP contribution in [0.15, 0.2) is 0 Å². The molecule has 0 radical (unpaired) electrons. The second-order valence-electron chi connectivity index (χ2n) is 5.36. The molecule has 2 heterocycles. The maximum absolute atomic E-state index is 11.4. The third-order valence-corrected chi connectivity index (χ3v) is 3.92. The fourth-order valence-electron chi connectivity index (χ4n) is 2.97. The van der Waals surface area contributed by atoms with Crippen molar-refractivity contribution in [1.82, 2.24) is 4.90 Å². The molecule has 1 N–H and O–H groups in total. The van der Waals surface area contributed by atoms with Gasteiger partial charge in [-0.05, 0) is 52.1 Å². The van der Waals surface area contributed by atoms with E-state index in [1.54, 1.807) is 0 Å². The monoisotopic (exact) mass is 241 g/mol. The van der Waals surface area contributed by atoms with Crippen LogP contribution in [0.25, 0.3) is 0 Å². The summed E-state index contributed by atoms with van der Waals surface area (Å²) in [4.78, 5) is 13.8. The molecule has 3 unspecified atom stereocenters. The van der Waals surface area contributed by atoms with Gasteiger partial charge in [0.2, 0.25) is 0 Å². The van der Waals surface area contributed by atoms with Crippen molar-refractivity contribution < 1.29 is 14.6 Å². The Morgan fingerprint density at radius 2 is 2.35 bits per heavy atom. The second kappa shape index (κ2) is 5.83. The quantitative estimate of drug-likeness (QED) is 0.734. The Balaban J connectivity index is 1.75. The number of carbonyl (C=O) groups excluding carboxylic acids is 1. The zero-order chi connectivity index (χ0) is 12.3. The average molecular weight is 241 g/mol. The predicted molar refractivity (Wildman–Crippen MR) is 64.6 cm³/mol. The molecular formula is C13H23NO3. The minimum atomic E-state index is -0.225. The minimum Gasteiger partial charge on any atom is -0.465 e. The number of hydrogen-bond donors (Lipinski definition) is 1. The van der Waals surface area contributed by atoms with Crippen molar-refractivity contribution in [2.24, 2.45) is 5.92 Å². The van der Waals surface area contributed by atoms with Crippen molar-refractivity contribution in [2.45, 2.75) is 51.2 Å². The van der Waals surface area contributed by atoms with Crippen molar-refractivity contribution in [3.8, 4) is 0 Å². The molecule has 0 spiro atoms. The lowest BCUT2D eigenvalue weighted by atomic mass is 10.0. The van der Waals surface area contributed by atoms with Gasteiger partial charge in [0.1, 0.15) is 0 Å². The summed E-state index contributed by atoms with van der Waals surface area (Å²) in [6, 6.07) is 0.507. The van der Waals surface area contributed by atoms with Crippen LogP contribution in [0.2, 0.25) is 0 Å². The van der Waals surface area contributed by atoms with E-state index in [1.165, 1.54) is 12.8 Å². The number of hydrogen-bond acceptors (Lipinski definition) is 4. The van der Waals surface area contributed by atoms with Crippen LogP contribution in [0, 0.1) is 5.92 Å². The minimum absolute atomic E-state index is 0.0173. The Labute approximate surface area is 103 Å². The first-order valence-corrected chi connectivity index (χ1v) is 6.75. The molecule has 17 heavy (non-hydrogen) atoms. The first-order valence-electron chi connectivity index (χ1n) is 6.75. The number of rotatable bonds is 5. The average Bonchev–Trinajstić information content (AvgIpc) is 2.84. The molecule has 2 saturated heterocycles. The summed E-state index contributed by atoms with van der Waals surface area (Å²) in [5, 5.41) is 9.45. The van der Waals surface area contributed by atoms with Crippen LogP contribution in [-0.4, -0.2) is 47.8 Å². The summed E-state index contributed by atoms with van der Waals surface area (Å²) < 4.78 is 4.97. The van der Waals surface area contributed by atoms with Crippen LogP contribution in [0.3, 0.4) is 0 Å². The zero-order valence-electron chi connectivity index (χ0n) is 10.6. The van der Waals surface area contributed by atoms with E-state index in [9.17, 15) is 9.90 Å². The Hall–Kier alpha value is -0.610. The molecule has 0 aliphatic carbocycles. The van der Waals surface area contributed by atoms with E-state index in [1.807, 2.05) is 6.92 Å². The second-order valence-corrected chi connectivity index (χ2v) is 5.36. The van der Waals surface area contributed by atoms with Gasteiger partial charge in [0.25, 0.3) is 0 Å². The lowest BCUT2D eigenvalue weighted by Crippen LogP contribution is -2.33. The number of likely N-dealkylation sites (tertiary alicyclic amines) is 1. The predicted octanol–water partition coefficient (Wildman–Crippen LogP) is 1.17. The molecule has 2 fully saturated rings. The SMILES string of the molecule is CC(O)CC1CCCN1CCC1CCOC1=O. The first kappa shape index (κ1) is 12.8. The van der Waals surface area contributed by atoms with Gasteiger partial charge < -0.3 is 14.7 Å². The summed E-state index contributed by atoms with van der Waals surface area (Å²) >= 11 is 0. The normalized spacial score (nSPS) is 31.8. The van der Waals surface area contributed by atoms with E-state index in [4.69, 9.17) is 4.74 Å². The lowest BCUT2D eigenvalue weighted by molar-refractivity contribution is -0.141. The number of aliphatic hydroxyl groups is 1. The fraction of sp³-hybridized carbons (Fsp3) is 0.923. The van der Waals surface area contributed by atoms with Crippen LogP contribution in [0.1, 0.15) is 39.0 Å². The third-order valence-electron chi connectivity index (χ3n) is 3.92. The first-order chi connectivity index (χ1) is 8.16. The van der Waals surface area contributed by atoms with Crippen molar-refractivity contribution in [3.05, 3.63) is 0 Å². The molecule has 4 nitrogen and oxygen atoms in total. The van der Waals surface area contributed by atoms with Crippen molar-refractivity contribution in [3.63, 3.8) is 0 Å². The molecule has 98 valence electrons. The lowest BCUT2D eigenvalue weighted by Gasteiger charge is -2.26. The molecular weight excluding hydrogens is 218 g/mol. The van der Waals surface area contributed by atoms with Crippen LogP contribution < -0.4 is 0 Å². The number of aliphatic hydroxyl groups excluding tert-OH is 1. The Bertz CT molecular complexity index is 267. The molecule has 4 heteroatoms. The maximum Gasteiger partial charge on any atom is 0.309 e. The van der Waals surface area contributed by atoms with Crippen molar-refractivity contribution >= 4 is 5.97 Å². The number of cyclic esters (lactones) is 1. The molecule has 0 aromatic carbocycles. The standard InChI is InChI=1S/C13H23NO3/c1-10(15)9-12-3-2-6-14(12)7-4-11-5-8-17-13(11)16/h10-12,15H,2-9H2,1H3. The number of carbonyl (C=O) groups is 1. The van der Waals surface area contributed by atoms with E-state index in [-0.39, 0.29) is 18.0 Å². The van der Waals surface area contributed by atoms with Gasteiger partial charge in [-0.2, -0.15) is 0 Å². The van der Waals surface area contributed by atoms with Crippen LogP contribution in [0.5, 0.6) is 0 Å². The molecule has 2 rings (SSSR count). The Kier molecular flexibility index (Phi) is 4.40. The van der Waals surface area contributed by atoms with E-state index < -0.39 is 0 Å². The van der Waals surface area contributed by atoms with Crippen molar-refractivity contribution in [1.29, 1.82) is 0 Å². The highest BCUT2D eigenvalue weighted by molar-refractivity contribution is 5.74. The van der Waals surface area contributed by atoms with E-state index in [0.717, 1.165) is 32.4 Å². The zero-order valence-corrected chi connectivity index (χ0v) is 10.6. The summed E-state index contributed by atoms with van der Waals surface area (Å²) in [6.07, 6.45) is 4.82. The topological polar surface area (TPSA) is 49.8 Å². The highest BCUT2D eigenvalue weighted by Crippen LogP contribution is 2.24. The summed E-state index contributed by atoms with van der Waals surface area (Å²) in [5.41, 5.74) is 0. The van der Waals surface area contributed by atoms with Gasteiger partial charge in [0.15, 0.2) is 0 Å². The van der Waals surface area contributed by atoms with E-state index >= 15 is 0 Å². The molecule has 2 aliphatic heterocycles. The van der Waals surface area contributed by atoms with Gasteiger partial charge in [-0.1, -0.05) is 0 Å². The van der Waals surface area contributed by atoms with Crippen LogP contribution >= 0.6 is 0 Å². The summed E-state index contributed by atoms with van der Waals surface area (Å²) in [6.45, 7) is 4.53. The van der Waals surface area contributed by atoms with E-state index in [0.29, 0.717) is 12.6 Å². The fourth-order valence-corrected chi connectivity index (χ4v) is 2.97. The molecule has 0 amide bonds. The number of ether oxygens (including phenoxy) is 1. The molecule has 0 bridgehead atoms. The molecule has 0 saturated carbocycles. The largest absolute Gasteiger partial charge is 0.465 e. The molecule has 2 aliphatic rings. The summed E-state index contributed by atoms with van der Waals surface area (Å²) in [5.74, 6) is 0.0964. The molecule has 0 aromatic rings. The smallest absolute Gasteiger partial charge is 0.309 e. The maximum atomic E-state index is 11.4. The highest BCUT2D eigenvalue weighted by atomic mass is 16.5. The number of esters is 1. The van der Waals surface area contributed by atoms with Crippen molar-refractivity contribution in [2.75, 3.05) is 19.7 Å².